The fourth-order valence-corrected chi connectivity index (χ4v) is 2.84. The Morgan fingerprint density at radius 2 is 1.70 bits per heavy atom. The van der Waals surface area contributed by atoms with E-state index in [1.54, 1.807) is 18.9 Å². The zero-order valence-corrected chi connectivity index (χ0v) is 17.0. The first kappa shape index (κ1) is 21.0. The Hall–Kier alpha value is -3.74. The highest BCUT2D eigenvalue weighted by Gasteiger charge is 2.18. The molecule has 7 heteroatoms. The fraction of sp³-hybridized carbons (Fsp3) is 0.217. The minimum absolute atomic E-state index is 0.0129. The molecule has 0 aliphatic carbocycles. The normalized spacial score (nSPS) is 10.3. The number of amides is 1. The zero-order chi connectivity index (χ0) is 21.3. The summed E-state index contributed by atoms with van der Waals surface area (Å²) in [6.07, 6.45) is 1.42. The maximum atomic E-state index is 12.6. The van der Waals surface area contributed by atoms with Gasteiger partial charge in [-0.3, -0.25) is 4.79 Å². The Morgan fingerprint density at radius 1 is 1.03 bits per heavy atom. The van der Waals surface area contributed by atoms with Crippen LogP contribution in [-0.4, -0.2) is 46.9 Å². The number of hydrogen-bond acceptors (Lipinski definition) is 6. The molecular weight excluding hydrogens is 380 g/mol. The molecule has 0 spiro atoms. The number of nitrogens with zero attached hydrogens (tertiary/aromatic N) is 3. The average Bonchev–Trinajstić information content (AvgIpc) is 2.78. The molecular formula is C23H24N4O3. The molecule has 0 atom stereocenters. The maximum absolute atomic E-state index is 12.6. The topological polar surface area (TPSA) is 84.4 Å². The Kier molecular flexibility index (Phi) is 7.10. The van der Waals surface area contributed by atoms with Crippen LogP contribution in [0.1, 0.15) is 22.8 Å². The maximum Gasteiger partial charge on any atom is 0.343 e. The third-order valence-corrected chi connectivity index (χ3v) is 4.41. The number of esters is 1. The lowest BCUT2D eigenvalue weighted by atomic mass is 10.2. The van der Waals surface area contributed by atoms with E-state index < -0.39 is 5.97 Å². The van der Waals surface area contributed by atoms with Crippen LogP contribution in [0.5, 0.6) is 0 Å². The minimum atomic E-state index is -0.537. The molecule has 1 amide bonds. The smallest absolute Gasteiger partial charge is 0.343 e. The second kappa shape index (κ2) is 10.2. The summed E-state index contributed by atoms with van der Waals surface area (Å²) in [6, 6.07) is 19.1. The lowest BCUT2D eigenvalue weighted by Crippen LogP contribution is -2.32. The van der Waals surface area contributed by atoms with Crippen molar-refractivity contribution in [3.8, 4) is 11.4 Å². The number of rotatable bonds is 8. The Balaban J connectivity index is 1.76. The van der Waals surface area contributed by atoms with Crippen molar-refractivity contribution in [1.29, 1.82) is 0 Å². The Bertz CT molecular complexity index is 994. The summed E-state index contributed by atoms with van der Waals surface area (Å²) < 4.78 is 5.09. The fourth-order valence-electron chi connectivity index (χ4n) is 2.84. The zero-order valence-electron chi connectivity index (χ0n) is 17.0. The van der Waals surface area contributed by atoms with Gasteiger partial charge in [0, 0.05) is 25.4 Å². The lowest BCUT2D eigenvalue weighted by Gasteiger charge is -2.18. The van der Waals surface area contributed by atoms with E-state index in [0.29, 0.717) is 12.4 Å². The molecule has 2 aromatic carbocycles. The molecule has 3 rings (SSSR count). The van der Waals surface area contributed by atoms with E-state index in [1.165, 1.54) is 6.20 Å². The van der Waals surface area contributed by atoms with Crippen LogP contribution in [0.3, 0.4) is 0 Å². The van der Waals surface area contributed by atoms with E-state index >= 15 is 0 Å². The molecule has 0 aliphatic rings. The van der Waals surface area contributed by atoms with Gasteiger partial charge >= 0.3 is 5.97 Å². The Morgan fingerprint density at radius 3 is 2.37 bits per heavy atom. The molecule has 0 saturated carbocycles. The van der Waals surface area contributed by atoms with Crippen LogP contribution in [0.2, 0.25) is 0 Å². The van der Waals surface area contributed by atoms with Gasteiger partial charge in [0.1, 0.15) is 11.4 Å². The van der Waals surface area contributed by atoms with Crippen LogP contribution < -0.4 is 5.32 Å². The molecule has 0 unspecified atom stereocenters. The molecule has 3 aromatic rings. The number of carbonyl (C=O) groups excluding carboxylic acids is 2. The highest BCUT2D eigenvalue weighted by Crippen LogP contribution is 2.20. The predicted molar refractivity (Wildman–Crippen MR) is 115 cm³/mol. The summed E-state index contributed by atoms with van der Waals surface area (Å²) in [4.78, 5) is 35.3. The van der Waals surface area contributed by atoms with Crippen molar-refractivity contribution in [2.24, 2.45) is 0 Å². The van der Waals surface area contributed by atoms with E-state index in [1.807, 2.05) is 60.7 Å². The van der Waals surface area contributed by atoms with Crippen LogP contribution >= 0.6 is 0 Å². The quantitative estimate of drug-likeness (QED) is 0.580. The third kappa shape index (κ3) is 5.41. The molecule has 0 fully saturated rings. The summed E-state index contributed by atoms with van der Waals surface area (Å²) in [7, 11) is 1.73. The summed E-state index contributed by atoms with van der Waals surface area (Å²) in [5.41, 5.74) is 2.03. The number of carbonyl (C=O) groups is 2. The summed E-state index contributed by atoms with van der Waals surface area (Å²) in [5.74, 6) is 0.0539. The van der Waals surface area contributed by atoms with E-state index in [2.05, 4.69) is 15.3 Å². The van der Waals surface area contributed by atoms with E-state index in [4.69, 9.17) is 4.74 Å². The number of anilines is 1. The van der Waals surface area contributed by atoms with Gasteiger partial charge in [-0.2, -0.15) is 0 Å². The molecule has 0 radical (unpaired) electrons. The van der Waals surface area contributed by atoms with Gasteiger partial charge in [-0.05, 0) is 12.5 Å². The number of nitrogens with one attached hydrogen (secondary N) is 1. The van der Waals surface area contributed by atoms with Crippen LogP contribution in [0, 0.1) is 0 Å². The van der Waals surface area contributed by atoms with E-state index in [-0.39, 0.29) is 30.4 Å². The van der Waals surface area contributed by atoms with Gasteiger partial charge in [-0.15, -0.1) is 0 Å². The first-order chi connectivity index (χ1) is 14.6. The molecule has 0 aliphatic heterocycles. The highest BCUT2D eigenvalue weighted by molar-refractivity contribution is 5.95. The first-order valence-corrected chi connectivity index (χ1v) is 9.69. The number of aromatic nitrogens is 2. The molecule has 1 N–H and O–H groups in total. The molecule has 0 bridgehead atoms. The molecule has 1 aromatic heterocycles. The van der Waals surface area contributed by atoms with Crippen LogP contribution in [0.15, 0.2) is 66.9 Å². The SMILES string of the molecule is CCOC(=O)c1cnc(-c2ccccc2)nc1NCC(=O)N(C)Cc1ccccc1. The van der Waals surface area contributed by atoms with Gasteiger partial charge < -0.3 is 15.0 Å². The van der Waals surface area contributed by atoms with Crippen molar-refractivity contribution in [2.45, 2.75) is 13.5 Å². The largest absolute Gasteiger partial charge is 0.462 e. The number of ether oxygens (including phenoxy) is 1. The number of likely N-dealkylation sites (N-methyl/N-ethyl adjacent to an activating group) is 1. The monoisotopic (exact) mass is 404 g/mol. The second-order valence-electron chi connectivity index (χ2n) is 6.63. The van der Waals surface area contributed by atoms with Crippen LogP contribution in [0.25, 0.3) is 11.4 Å². The molecule has 7 nitrogen and oxygen atoms in total. The summed E-state index contributed by atoms with van der Waals surface area (Å²) >= 11 is 0. The van der Waals surface area contributed by atoms with Crippen molar-refractivity contribution in [3.05, 3.63) is 78.0 Å². The van der Waals surface area contributed by atoms with Crippen LogP contribution in [-0.2, 0) is 16.1 Å². The second-order valence-corrected chi connectivity index (χ2v) is 6.63. The predicted octanol–water partition coefficient (Wildman–Crippen LogP) is 3.39. The van der Waals surface area contributed by atoms with Crippen molar-refractivity contribution in [3.63, 3.8) is 0 Å². The number of hydrogen-bond donors (Lipinski definition) is 1. The van der Waals surface area contributed by atoms with Crippen molar-refractivity contribution in [1.82, 2.24) is 14.9 Å². The van der Waals surface area contributed by atoms with Crippen molar-refractivity contribution in [2.75, 3.05) is 25.5 Å². The molecule has 154 valence electrons. The van der Waals surface area contributed by atoms with Gasteiger partial charge in [-0.25, -0.2) is 14.8 Å². The Labute approximate surface area is 175 Å². The molecule has 1 heterocycles. The van der Waals surface area contributed by atoms with E-state index in [9.17, 15) is 9.59 Å². The summed E-state index contributed by atoms with van der Waals surface area (Å²) in [5, 5.41) is 2.99. The molecule has 0 saturated heterocycles. The van der Waals surface area contributed by atoms with E-state index in [0.717, 1.165) is 11.1 Å². The average molecular weight is 404 g/mol. The molecule has 30 heavy (non-hydrogen) atoms. The third-order valence-electron chi connectivity index (χ3n) is 4.41. The van der Waals surface area contributed by atoms with Gasteiger partial charge in [0.25, 0.3) is 0 Å². The first-order valence-electron chi connectivity index (χ1n) is 9.69. The lowest BCUT2D eigenvalue weighted by molar-refractivity contribution is -0.128. The van der Waals surface area contributed by atoms with Crippen molar-refractivity contribution >= 4 is 17.7 Å². The highest BCUT2D eigenvalue weighted by atomic mass is 16.5. The summed E-state index contributed by atoms with van der Waals surface area (Å²) in [6.45, 7) is 2.44. The van der Waals surface area contributed by atoms with Gasteiger partial charge in [0.15, 0.2) is 5.82 Å². The van der Waals surface area contributed by atoms with Gasteiger partial charge in [0.2, 0.25) is 5.91 Å². The standard InChI is InChI=1S/C23H24N4O3/c1-3-30-23(29)19-14-24-21(18-12-8-5-9-13-18)26-22(19)25-15-20(28)27(2)16-17-10-6-4-7-11-17/h4-14H,3,15-16H2,1-2H3,(H,24,25,26). The van der Waals surface area contributed by atoms with Crippen molar-refractivity contribution < 1.29 is 14.3 Å². The van der Waals surface area contributed by atoms with Crippen LogP contribution in [0.4, 0.5) is 5.82 Å². The number of benzene rings is 2. The minimum Gasteiger partial charge on any atom is -0.462 e. The van der Waals surface area contributed by atoms with Gasteiger partial charge in [0.05, 0.1) is 13.2 Å². The van der Waals surface area contributed by atoms with Gasteiger partial charge in [-0.1, -0.05) is 60.7 Å².